The van der Waals surface area contributed by atoms with Gasteiger partial charge in [0.2, 0.25) is 0 Å². The Hall–Kier alpha value is -0.360. The molecule has 0 fully saturated rings. The van der Waals surface area contributed by atoms with Crippen LogP contribution in [-0.4, -0.2) is 9.55 Å². The average molecular weight is 381 g/mol. The number of benzene rings is 1. The molecule has 5 heteroatoms. The van der Waals surface area contributed by atoms with E-state index in [1.807, 2.05) is 34.1 Å². The fourth-order valence-corrected chi connectivity index (χ4v) is 2.61. The van der Waals surface area contributed by atoms with Gasteiger partial charge in [-0.25, -0.2) is 9.37 Å². The first-order chi connectivity index (χ1) is 8.54. The fraction of sp³-hybridized carbons (Fsp3) is 0.462. The minimum atomic E-state index is -0.200. The number of hydrogen-bond acceptors (Lipinski definition) is 1. The smallest absolute Gasteiger partial charge is 0.138 e. The number of nitrogens with zero attached hydrogens (tertiary/aromatic N) is 2. The quantitative estimate of drug-likeness (QED) is 0.546. The van der Waals surface area contributed by atoms with E-state index in [4.69, 9.17) is 11.6 Å². The molecule has 1 aromatic heterocycles. The molecule has 2 aromatic rings. The van der Waals surface area contributed by atoms with Gasteiger partial charge in [-0.1, -0.05) is 13.3 Å². The van der Waals surface area contributed by atoms with Crippen molar-refractivity contribution in [1.29, 1.82) is 0 Å². The highest BCUT2D eigenvalue weighted by Gasteiger charge is 2.16. The zero-order valence-electron chi connectivity index (χ0n) is 10.4. The third-order valence-corrected chi connectivity index (χ3v) is 3.93. The molecule has 0 spiro atoms. The number of halogens is 3. The Morgan fingerprint density at radius 1 is 1.50 bits per heavy atom. The van der Waals surface area contributed by atoms with E-state index in [1.165, 1.54) is 0 Å². The molecule has 1 heterocycles. The number of hydrogen-bond donors (Lipinski definition) is 0. The minimum Gasteiger partial charge on any atom is -0.327 e. The van der Waals surface area contributed by atoms with E-state index in [0.29, 0.717) is 3.57 Å². The van der Waals surface area contributed by atoms with E-state index in [9.17, 15) is 4.39 Å². The molecule has 0 aliphatic carbocycles. The Kier molecular flexibility index (Phi) is 4.48. The molecule has 1 atom stereocenters. The summed E-state index contributed by atoms with van der Waals surface area (Å²) in [6.07, 6.45) is 2.12. The van der Waals surface area contributed by atoms with Crippen molar-refractivity contribution in [3.8, 4) is 0 Å². The normalized spacial score (nSPS) is 13.2. The van der Waals surface area contributed by atoms with Crippen LogP contribution in [0.3, 0.4) is 0 Å². The number of rotatable bonds is 4. The molecule has 0 saturated carbocycles. The molecular weight excluding hydrogens is 366 g/mol. The second-order valence-corrected chi connectivity index (χ2v) is 6.16. The summed E-state index contributed by atoms with van der Waals surface area (Å²) in [5.74, 6) is 0.621. The SMILES string of the molecule is CCCCn1c(C(C)Cl)nc2cc(I)c(F)cc21. The van der Waals surface area contributed by atoms with Crippen molar-refractivity contribution in [3.05, 3.63) is 27.3 Å². The summed E-state index contributed by atoms with van der Waals surface area (Å²) in [4.78, 5) is 4.53. The van der Waals surface area contributed by atoms with E-state index in [-0.39, 0.29) is 11.2 Å². The van der Waals surface area contributed by atoms with Gasteiger partial charge >= 0.3 is 0 Å². The number of fused-ring (bicyclic) bond motifs is 1. The van der Waals surface area contributed by atoms with Crippen LogP contribution in [0.5, 0.6) is 0 Å². The van der Waals surface area contributed by atoms with E-state index in [0.717, 1.165) is 36.2 Å². The third-order valence-electron chi connectivity index (χ3n) is 2.91. The first-order valence-corrected chi connectivity index (χ1v) is 7.55. The summed E-state index contributed by atoms with van der Waals surface area (Å²) in [6, 6.07) is 3.33. The van der Waals surface area contributed by atoms with E-state index in [1.54, 1.807) is 12.1 Å². The van der Waals surface area contributed by atoms with Crippen molar-refractivity contribution in [2.24, 2.45) is 0 Å². The zero-order chi connectivity index (χ0) is 13.3. The summed E-state index contributed by atoms with van der Waals surface area (Å²) in [5, 5.41) is -0.171. The van der Waals surface area contributed by atoms with Crippen LogP contribution in [0.25, 0.3) is 11.0 Å². The summed E-state index contributed by atoms with van der Waals surface area (Å²) in [6.45, 7) is 4.86. The lowest BCUT2D eigenvalue weighted by atomic mass is 10.3. The lowest BCUT2D eigenvalue weighted by molar-refractivity contribution is 0.607. The molecule has 18 heavy (non-hydrogen) atoms. The van der Waals surface area contributed by atoms with Gasteiger partial charge in [0.25, 0.3) is 0 Å². The van der Waals surface area contributed by atoms with Gasteiger partial charge in [0, 0.05) is 12.6 Å². The Morgan fingerprint density at radius 2 is 2.22 bits per heavy atom. The van der Waals surface area contributed by atoms with Gasteiger partial charge in [0.05, 0.1) is 20.0 Å². The lowest BCUT2D eigenvalue weighted by Gasteiger charge is -2.09. The zero-order valence-corrected chi connectivity index (χ0v) is 13.3. The minimum absolute atomic E-state index is 0.171. The Bertz CT molecular complexity index is 566. The largest absolute Gasteiger partial charge is 0.327 e. The molecule has 0 amide bonds. The van der Waals surface area contributed by atoms with Crippen molar-refractivity contribution in [3.63, 3.8) is 0 Å². The van der Waals surface area contributed by atoms with Crippen LogP contribution < -0.4 is 0 Å². The van der Waals surface area contributed by atoms with Crippen molar-refractivity contribution in [2.75, 3.05) is 0 Å². The molecule has 0 bridgehead atoms. The molecule has 1 unspecified atom stereocenters. The van der Waals surface area contributed by atoms with Gasteiger partial charge in [-0.05, 0) is 42.0 Å². The fourth-order valence-electron chi connectivity index (χ4n) is 1.99. The molecule has 98 valence electrons. The van der Waals surface area contributed by atoms with Crippen molar-refractivity contribution >= 4 is 45.2 Å². The van der Waals surface area contributed by atoms with Crippen molar-refractivity contribution in [2.45, 2.75) is 38.6 Å². The molecule has 2 nitrogen and oxygen atoms in total. The summed E-state index contributed by atoms with van der Waals surface area (Å²) >= 11 is 8.14. The van der Waals surface area contributed by atoms with Crippen LogP contribution in [0.2, 0.25) is 0 Å². The van der Waals surface area contributed by atoms with Crippen LogP contribution in [0.15, 0.2) is 12.1 Å². The number of aryl methyl sites for hydroxylation is 1. The average Bonchev–Trinajstić information content (AvgIpc) is 2.65. The Morgan fingerprint density at radius 3 is 2.83 bits per heavy atom. The Balaban J connectivity index is 2.61. The highest BCUT2D eigenvalue weighted by atomic mass is 127. The highest BCUT2D eigenvalue weighted by molar-refractivity contribution is 14.1. The van der Waals surface area contributed by atoms with Gasteiger partial charge in [0.15, 0.2) is 0 Å². The lowest BCUT2D eigenvalue weighted by Crippen LogP contribution is -2.04. The van der Waals surface area contributed by atoms with E-state index < -0.39 is 0 Å². The molecular formula is C13H15ClFIN2. The Labute approximate surface area is 125 Å². The summed E-state index contributed by atoms with van der Waals surface area (Å²) < 4.78 is 16.3. The molecule has 0 saturated heterocycles. The van der Waals surface area contributed by atoms with E-state index in [2.05, 4.69) is 11.9 Å². The maximum Gasteiger partial charge on any atom is 0.138 e. The van der Waals surface area contributed by atoms with Crippen LogP contribution in [0, 0.1) is 9.39 Å². The molecule has 2 rings (SSSR count). The predicted molar refractivity (Wildman–Crippen MR) is 81.6 cm³/mol. The standard InChI is InChI=1S/C13H15ClFIN2/c1-3-4-5-18-12-6-9(15)10(16)7-11(12)17-13(18)8(2)14/h6-8H,3-5H2,1-2H3. The maximum absolute atomic E-state index is 13.7. The summed E-state index contributed by atoms with van der Waals surface area (Å²) in [5.41, 5.74) is 1.66. The van der Waals surface area contributed by atoms with Crippen LogP contribution in [0.4, 0.5) is 4.39 Å². The van der Waals surface area contributed by atoms with Gasteiger partial charge in [-0.15, -0.1) is 11.6 Å². The number of unbranched alkanes of at least 4 members (excludes halogenated alkanes) is 1. The number of aromatic nitrogens is 2. The first-order valence-electron chi connectivity index (χ1n) is 6.03. The third kappa shape index (κ3) is 2.64. The maximum atomic E-state index is 13.7. The molecule has 0 aliphatic rings. The van der Waals surface area contributed by atoms with Crippen LogP contribution in [0.1, 0.15) is 37.9 Å². The monoisotopic (exact) mass is 380 g/mol. The molecule has 0 aliphatic heterocycles. The molecule has 0 N–H and O–H groups in total. The first kappa shape index (κ1) is 14.1. The highest BCUT2D eigenvalue weighted by Crippen LogP contribution is 2.27. The second kappa shape index (κ2) is 5.74. The van der Waals surface area contributed by atoms with Gasteiger partial charge in [0.1, 0.15) is 11.6 Å². The summed E-state index contributed by atoms with van der Waals surface area (Å²) in [7, 11) is 0. The van der Waals surface area contributed by atoms with E-state index >= 15 is 0 Å². The van der Waals surface area contributed by atoms with Gasteiger partial charge in [-0.2, -0.15) is 0 Å². The molecule has 1 aromatic carbocycles. The second-order valence-electron chi connectivity index (χ2n) is 4.35. The van der Waals surface area contributed by atoms with Gasteiger partial charge in [-0.3, -0.25) is 0 Å². The predicted octanol–water partition coefficient (Wildman–Crippen LogP) is 4.88. The number of imidazole rings is 1. The van der Waals surface area contributed by atoms with Crippen LogP contribution in [-0.2, 0) is 6.54 Å². The van der Waals surface area contributed by atoms with Crippen LogP contribution >= 0.6 is 34.2 Å². The molecule has 0 radical (unpaired) electrons. The topological polar surface area (TPSA) is 17.8 Å². The number of alkyl halides is 1. The van der Waals surface area contributed by atoms with Crippen molar-refractivity contribution in [1.82, 2.24) is 9.55 Å². The van der Waals surface area contributed by atoms with Crippen molar-refractivity contribution < 1.29 is 4.39 Å². The van der Waals surface area contributed by atoms with Gasteiger partial charge < -0.3 is 4.57 Å².